The number of hydrogen-bond donors (Lipinski definition) is 2. The summed E-state index contributed by atoms with van der Waals surface area (Å²) in [5.74, 6) is -2.47. The third-order valence-corrected chi connectivity index (χ3v) is 8.43. The van der Waals surface area contributed by atoms with Crippen LogP contribution in [-0.2, 0) is 23.2 Å². The Hall–Kier alpha value is -3.69. The molecule has 1 atom stereocenters. The second-order valence-corrected chi connectivity index (χ2v) is 11.0. The van der Waals surface area contributed by atoms with Gasteiger partial charge in [-0.05, 0) is 60.6 Å². The summed E-state index contributed by atoms with van der Waals surface area (Å²) >= 11 is 1.24. The van der Waals surface area contributed by atoms with Gasteiger partial charge in [-0.3, -0.25) is 0 Å². The van der Waals surface area contributed by atoms with E-state index in [-0.39, 0.29) is 22.6 Å². The van der Waals surface area contributed by atoms with E-state index in [4.69, 9.17) is 9.47 Å². The van der Waals surface area contributed by atoms with Crippen LogP contribution in [0.15, 0.2) is 59.8 Å². The monoisotopic (exact) mass is 563 g/mol. The molecular formula is C31H28F3N3O2S. The Bertz CT molecular complexity index is 1730. The molecule has 40 heavy (non-hydrogen) atoms. The molecule has 206 valence electrons. The molecule has 6 rings (SSSR count). The van der Waals surface area contributed by atoms with Gasteiger partial charge in [-0.1, -0.05) is 31.5 Å². The van der Waals surface area contributed by atoms with Crippen LogP contribution < -0.4 is 4.74 Å². The number of aryl methyl sites for hydroxylation is 1. The fourth-order valence-corrected chi connectivity index (χ4v) is 6.26. The standard InChI is InChI=1S/C31H28F3N3O2S/c1-4-6-17-7-5-8-22-21(17)15-38-16-31(22,2)24-14-36-30(37-24)20-13-18(9-10-23(20)32)39-28-26(34)25(33)27-19(11-12-35-27)29(28)40-3/h5,7-14,35H,4,6,15-16H2,1-3H3,(H,36,37). The first-order valence-electron chi connectivity index (χ1n) is 13.1. The van der Waals surface area contributed by atoms with E-state index in [2.05, 4.69) is 47.0 Å². The summed E-state index contributed by atoms with van der Waals surface area (Å²) in [6.07, 6.45) is 7.00. The molecule has 9 heteroatoms. The molecule has 0 saturated carbocycles. The Kier molecular flexibility index (Phi) is 6.88. The van der Waals surface area contributed by atoms with Gasteiger partial charge in [0.15, 0.2) is 11.6 Å². The number of imidazole rings is 1. The Morgan fingerprint density at radius 2 is 1.98 bits per heavy atom. The van der Waals surface area contributed by atoms with Gasteiger partial charge < -0.3 is 19.4 Å². The lowest BCUT2D eigenvalue weighted by atomic mass is 9.75. The highest BCUT2D eigenvalue weighted by Gasteiger charge is 2.37. The Morgan fingerprint density at radius 1 is 1.12 bits per heavy atom. The normalized spacial score (nSPS) is 16.9. The molecule has 2 aromatic heterocycles. The zero-order chi connectivity index (χ0) is 28.0. The minimum absolute atomic E-state index is 0.0701. The van der Waals surface area contributed by atoms with Crippen molar-refractivity contribution < 1.29 is 22.6 Å². The summed E-state index contributed by atoms with van der Waals surface area (Å²) in [4.78, 5) is 11.0. The number of fused-ring (bicyclic) bond motifs is 2. The maximum absolute atomic E-state index is 15.1. The number of ether oxygens (including phenoxy) is 2. The summed E-state index contributed by atoms with van der Waals surface area (Å²) in [6.45, 7) is 5.25. The van der Waals surface area contributed by atoms with Gasteiger partial charge >= 0.3 is 0 Å². The zero-order valence-electron chi connectivity index (χ0n) is 22.3. The summed E-state index contributed by atoms with van der Waals surface area (Å²) in [6, 6.07) is 12.0. The highest BCUT2D eigenvalue weighted by atomic mass is 32.2. The molecule has 3 heterocycles. The lowest BCUT2D eigenvalue weighted by Gasteiger charge is -2.36. The maximum Gasteiger partial charge on any atom is 0.204 e. The van der Waals surface area contributed by atoms with E-state index in [1.54, 1.807) is 24.7 Å². The first-order valence-corrected chi connectivity index (χ1v) is 14.3. The molecule has 1 aliphatic heterocycles. The number of hydrogen-bond acceptors (Lipinski definition) is 4. The smallest absolute Gasteiger partial charge is 0.204 e. The van der Waals surface area contributed by atoms with Crippen molar-refractivity contribution in [3.8, 4) is 22.9 Å². The van der Waals surface area contributed by atoms with Crippen molar-refractivity contribution in [3.05, 3.63) is 94.7 Å². The van der Waals surface area contributed by atoms with E-state index < -0.39 is 22.9 Å². The third-order valence-electron chi connectivity index (χ3n) is 7.62. The number of thioether (sulfide) groups is 1. The molecule has 0 amide bonds. The molecule has 0 radical (unpaired) electrons. The third kappa shape index (κ3) is 4.28. The molecule has 0 bridgehead atoms. The number of H-pyrrole nitrogens is 2. The number of aromatic amines is 2. The van der Waals surface area contributed by atoms with Gasteiger partial charge in [0.1, 0.15) is 17.4 Å². The Labute approximate surface area is 234 Å². The van der Waals surface area contributed by atoms with Crippen LogP contribution >= 0.6 is 11.8 Å². The molecule has 1 unspecified atom stereocenters. The molecule has 5 nitrogen and oxygen atoms in total. The predicted molar refractivity (Wildman–Crippen MR) is 151 cm³/mol. The number of halogens is 3. The van der Waals surface area contributed by atoms with Crippen LogP contribution in [-0.4, -0.2) is 27.8 Å². The molecule has 2 N–H and O–H groups in total. The van der Waals surface area contributed by atoms with Crippen LogP contribution in [0.5, 0.6) is 11.5 Å². The number of nitrogens with zero attached hydrogens (tertiary/aromatic N) is 1. The summed E-state index contributed by atoms with van der Waals surface area (Å²) in [7, 11) is 0. The van der Waals surface area contributed by atoms with Gasteiger partial charge in [0.05, 0.1) is 34.6 Å². The Balaban J connectivity index is 1.37. The minimum Gasteiger partial charge on any atom is -0.453 e. The van der Waals surface area contributed by atoms with E-state index in [9.17, 15) is 4.39 Å². The molecular weight excluding hydrogens is 535 g/mol. The highest BCUT2D eigenvalue weighted by Crippen LogP contribution is 2.43. The maximum atomic E-state index is 15.1. The van der Waals surface area contributed by atoms with Gasteiger partial charge in [0.25, 0.3) is 0 Å². The van der Waals surface area contributed by atoms with Crippen molar-refractivity contribution in [3.63, 3.8) is 0 Å². The van der Waals surface area contributed by atoms with Gasteiger partial charge in [0.2, 0.25) is 5.82 Å². The predicted octanol–water partition coefficient (Wildman–Crippen LogP) is 8.28. The van der Waals surface area contributed by atoms with Crippen molar-refractivity contribution in [2.75, 3.05) is 12.9 Å². The number of rotatable bonds is 7. The van der Waals surface area contributed by atoms with Crippen molar-refractivity contribution in [1.82, 2.24) is 15.0 Å². The second kappa shape index (κ2) is 10.4. The largest absolute Gasteiger partial charge is 0.453 e. The summed E-state index contributed by atoms with van der Waals surface area (Å²) < 4.78 is 56.8. The first kappa shape index (κ1) is 26.5. The SMILES string of the molecule is CCCc1cccc2c1COCC2(C)c1cnc(-c2cc(Oc3c(F)c(F)c4[nH]ccc4c3SC)ccc2F)[nH]1. The number of aromatic nitrogens is 3. The average Bonchev–Trinajstić information content (AvgIpc) is 3.65. The molecule has 0 saturated heterocycles. The lowest BCUT2D eigenvalue weighted by Crippen LogP contribution is -2.35. The van der Waals surface area contributed by atoms with E-state index in [0.717, 1.165) is 18.5 Å². The second-order valence-electron chi connectivity index (χ2n) is 10.2. The average molecular weight is 564 g/mol. The topological polar surface area (TPSA) is 62.9 Å². The molecule has 3 aromatic carbocycles. The van der Waals surface area contributed by atoms with Crippen LogP contribution in [0.1, 0.15) is 42.7 Å². The van der Waals surface area contributed by atoms with Gasteiger partial charge in [-0.2, -0.15) is 4.39 Å². The van der Waals surface area contributed by atoms with E-state index in [0.29, 0.717) is 29.3 Å². The lowest BCUT2D eigenvalue weighted by molar-refractivity contribution is 0.0694. The fourth-order valence-electron chi connectivity index (χ4n) is 5.55. The Morgan fingerprint density at radius 3 is 2.77 bits per heavy atom. The van der Waals surface area contributed by atoms with Crippen LogP contribution in [0, 0.1) is 17.5 Å². The van der Waals surface area contributed by atoms with Gasteiger partial charge in [-0.25, -0.2) is 13.8 Å². The van der Waals surface area contributed by atoms with E-state index in [1.165, 1.54) is 46.7 Å². The fraction of sp³-hybridized carbons (Fsp3) is 0.258. The van der Waals surface area contributed by atoms with Crippen molar-refractivity contribution >= 4 is 22.7 Å². The van der Waals surface area contributed by atoms with E-state index >= 15 is 8.78 Å². The van der Waals surface area contributed by atoms with Crippen LogP contribution in [0.2, 0.25) is 0 Å². The minimum atomic E-state index is -1.11. The zero-order valence-corrected chi connectivity index (χ0v) is 23.1. The van der Waals surface area contributed by atoms with Crippen molar-refractivity contribution in [2.24, 2.45) is 0 Å². The summed E-state index contributed by atoms with van der Waals surface area (Å²) in [5, 5.41) is 0.504. The van der Waals surface area contributed by atoms with Gasteiger partial charge in [0, 0.05) is 23.5 Å². The summed E-state index contributed by atoms with van der Waals surface area (Å²) in [5.41, 5.74) is 4.13. The first-order chi connectivity index (χ1) is 19.4. The molecule has 0 spiro atoms. The number of nitrogens with one attached hydrogen (secondary N) is 2. The van der Waals surface area contributed by atoms with E-state index in [1.807, 2.05) is 0 Å². The van der Waals surface area contributed by atoms with Crippen LogP contribution in [0.4, 0.5) is 13.2 Å². The molecule has 0 aliphatic carbocycles. The van der Waals surface area contributed by atoms with Crippen molar-refractivity contribution in [1.29, 1.82) is 0 Å². The number of benzene rings is 3. The van der Waals surface area contributed by atoms with Gasteiger partial charge in [-0.15, -0.1) is 11.8 Å². The van der Waals surface area contributed by atoms with Crippen molar-refractivity contribution in [2.45, 2.75) is 43.6 Å². The molecule has 0 fully saturated rings. The molecule has 5 aromatic rings. The van der Waals surface area contributed by atoms with Crippen LogP contribution in [0.3, 0.4) is 0 Å². The van der Waals surface area contributed by atoms with Crippen LogP contribution in [0.25, 0.3) is 22.3 Å². The molecule has 1 aliphatic rings. The highest BCUT2D eigenvalue weighted by molar-refractivity contribution is 7.99. The quantitative estimate of drug-likeness (QED) is 0.196.